The van der Waals surface area contributed by atoms with Gasteiger partial charge < -0.3 is 9.32 Å². The molecule has 0 saturated heterocycles. The van der Waals surface area contributed by atoms with Gasteiger partial charge in [-0.2, -0.15) is 0 Å². The van der Waals surface area contributed by atoms with Crippen LogP contribution in [0.4, 0.5) is 17.1 Å². The van der Waals surface area contributed by atoms with Crippen LogP contribution in [0, 0.1) is 0 Å². The minimum Gasteiger partial charge on any atom is -0.456 e. The monoisotopic (exact) mass is 689 g/mol. The van der Waals surface area contributed by atoms with E-state index in [0.29, 0.717) is 0 Å². The molecule has 1 heterocycles. The van der Waals surface area contributed by atoms with Gasteiger partial charge in [-0.15, -0.1) is 0 Å². The van der Waals surface area contributed by atoms with Crippen LogP contribution in [-0.2, 0) is 0 Å². The van der Waals surface area contributed by atoms with E-state index in [9.17, 15) is 0 Å². The lowest BCUT2D eigenvalue weighted by Crippen LogP contribution is -2.11. The molecule has 0 bridgehead atoms. The van der Waals surface area contributed by atoms with Crippen LogP contribution in [-0.4, -0.2) is 0 Å². The molecule has 10 aromatic rings. The second-order valence-electron chi connectivity index (χ2n) is 13.7. The maximum absolute atomic E-state index is 6.52. The summed E-state index contributed by atoms with van der Waals surface area (Å²) in [6.45, 7) is 0. The molecule has 0 aliphatic carbocycles. The van der Waals surface area contributed by atoms with Crippen molar-refractivity contribution in [3.8, 4) is 44.5 Å². The van der Waals surface area contributed by atoms with E-state index in [1.165, 1.54) is 44.2 Å². The maximum Gasteiger partial charge on any atom is 0.136 e. The van der Waals surface area contributed by atoms with Crippen molar-refractivity contribution < 1.29 is 4.42 Å². The molecule has 0 atom stereocenters. The summed E-state index contributed by atoms with van der Waals surface area (Å²) in [7, 11) is 0. The summed E-state index contributed by atoms with van der Waals surface area (Å²) < 4.78 is 6.52. The third kappa shape index (κ3) is 5.62. The average Bonchev–Trinajstić information content (AvgIpc) is 3.63. The predicted octanol–water partition coefficient (Wildman–Crippen LogP) is 14.9. The zero-order chi connectivity index (χ0) is 35.8. The van der Waals surface area contributed by atoms with Gasteiger partial charge in [0, 0.05) is 27.7 Å². The Bertz CT molecular complexity index is 2900. The molecule has 0 unspecified atom stereocenters. The maximum atomic E-state index is 6.52. The molecule has 0 N–H and O–H groups in total. The van der Waals surface area contributed by atoms with E-state index in [-0.39, 0.29) is 0 Å². The Morgan fingerprint density at radius 3 is 1.63 bits per heavy atom. The second kappa shape index (κ2) is 13.4. The number of nitrogens with zero attached hydrogens (tertiary/aromatic N) is 1. The first-order chi connectivity index (χ1) is 26.8. The highest BCUT2D eigenvalue weighted by Gasteiger charge is 2.23. The van der Waals surface area contributed by atoms with Crippen LogP contribution in [0.15, 0.2) is 217 Å². The molecule has 9 aromatic carbocycles. The minimum atomic E-state index is 0.867. The summed E-state index contributed by atoms with van der Waals surface area (Å²) in [6, 6.07) is 75.9. The van der Waals surface area contributed by atoms with Crippen molar-refractivity contribution >= 4 is 49.8 Å². The summed E-state index contributed by atoms with van der Waals surface area (Å²) in [5.41, 5.74) is 14.3. The van der Waals surface area contributed by atoms with E-state index in [0.717, 1.165) is 50.1 Å². The van der Waals surface area contributed by atoms with Gasteiger partial charge in [0.15, 0.2) is 0 Å². The van der Waals surface area contributed by atoms with Crippen LogP contribution in [0.2, 0.25) is 0 Å². The molecule has 54 heavy (non-hydrogen) atoms. The van der Waals surface area contributed by atoms with Gasteiger partial charge in [-0.25, -0.2) is 0 Å². The Morgan fingerprint density at radius 1 is 0.333 bits per heavy atom. The second-order valence-corrected chi connectivity index (χ2v) is 13.7. The van der Waals surface area contributed by atoms with Crippen molar-refractivity contribution in [3.63, 3.8) is 0 Å². The smallest absolute Gasteiger partial charge is 0.136 e. The first kappa shape index (κ1) is 31.6. The van der Waals surface area contributed by atoms with Gasteiger partial charge >= 0.3 is 0 Å². The topological polar surface area (TPSA) is 16.4 Å². The normalized spacial score (nSPS) is 11.3. The van der Waals surface area contributed by atoms with Crippen LogP contribution in [0.5, 0.6) is 0 Å². The lowest BCUT2D eigenvalue weighted by Gasteiger charge is -2.29. The number of furan rings is 1. The average molecular weight is 690 g/mol. The molecular formula is C52H35NO. The van der Waals surface area contributed by atoms with Crippen LogP contribution >= 0.6 is 0 Å². The van der Waals surface area contributed by atoms with Gasteiger partial charge in [-0.05, 0) is 92.2 Å². The van der Waals surface area contributed by atoms with Crippen molar-refractivity contribution in [2.24, 2.45) is 0 Å². The SMILES string of the molecule is c1ccc(-c2ccc(-c3c(N(c4ccc(-c5ccccc5)cc4)c4cccc(-c5cccc6ccccc56)c4)ccc4oc5ccccc5c34)cc2)cc1. The number of anilines is 3. The van der Waals surface area contributed by atoms with E-state index in [4.69, 9.17) is 4.42 Å². The van der Waals surface area contributed by atoms with E-state index < -0.39 is 0 Å². The molecule has 10 rings (SSSR count). The molecule has 0 saturated carbocycles. The molecule has 0 amide bonds. The Kier molecular flexibility index (Phi) is 7.85. The summed E-state index contributed by atoms with van der Waals surface area (Å²) in [5, 5.41) is 4.67. The van der Waals surface area contributed by atoms with Gasteiger partial charge in [0.2, 0.25) is 0 Å². The van der Waals surface area contributed by atoms with Gasteiger partial charge in [-0.3, -0.25) is 0 Å². The Balaban J connectivity index is 1.22. The standard InChI is InChI=1S/C52H35NO/c1-3-13-36(14-4-1)38-25-27-41(28-26-38)51-48(33-34-50-52(51)47-22-9-10-24-49(47)54-50)53(43-31-29-39(30-32-43)37-15-5-2-6-16-37)44-20-11-19-42(35-44)46-23-12-18-40-17-7-8-21-45(40)46/h1-35H. The number of rotatable bonds is 7. The number of benzene rings is 9. The largest absolute Gasteiger partial charge is 0.456 e. The highest BCUT2D eigenvalue weighted by Crippen LogP contribution is 2.48. The molecule has 2 nitrogen and oxygen atoms in total. The fourth-order valence-corrected chi connectivity index (χ4v) is 7.89. The quantitative estimate of drug-likeness (QED) is 0.166. The number of hydrogen-bond acceptors (Lipinski definition) is 2. The fourth-order valence-electron chi connectivity index (χ4n) is 7.89. The summed E-state index contributed by atoms with van der Waals surface area (Å²) in [6.07, 6.45) is 0. The molecule has 0 radical (unpaired) electrons. The molecule has 254 valence electrons. The van der Waals surface area contributed by atoms with Crippen molar-refractivity contribution in [2.45, 2.75) is 0 Å². The highest BCUT2D eigenvalue weighted by molar-refractivity contribution is 6.16. The van der Waals surface area contributed by atoms with E-state index >= 15 is 0 Å². The molecule has 0 spiro atoms. The molecule has 1 aromatic heterocycles. The number of para-hydroxylation sites is 1. The summed E-state index contributed by atoms with van der Waals surface area (Å²) in [4.78, 5) is 2.41. The first-order valence-electron chi connectivity index (χ1n) is 18.4. The molecule has 0 aliphatic rings. The van der Waals surface area contributed by atoms with Crippen LogP contribution < -0.4 is 4.90 Å². The van der Waals surface area contributed by atoms with Crippen LogP contribution in [0.3, 0.4) is 0 Å². The first-order valence-corrected chi connectivity index (χ1v) is 18.4. The van der Waals surface area contributed by atoms with E-state index in [1.54, 1.807) is 0 Å². The molecule has 0 aliphatic heterocycles. The molecule has 0 fully saturated rings. The molecular weight excluding hydrogens is 655 g/mol. The van der Waals surface area contributed by atoms with Crippen molar-refractivity contribution in [1.82, 2.24) is 0 Å². The van der Waals surface area contributed by atoms with Gasteiger partial charge in [-0.1, -0.05) is 170 Å². The number of fused-ring (bicyclic) bond motifs is 4. The van der Waals surface area contributed by atoms with E-state index in [2.05, 4.69) is 211 Å². The van der Waals surface area contributed by atoms with E-state index in [1.807, 2.05) is 6.07 Å². The molecule has 2 heteroatoms. The lowest BCUT2D eigenvalue weighted by atomic mass is 9.94. The van der Waals surface area contributed by atoms with Crippen molar-refractivity contribution in [2.75, 3.05) is 4.90 Å². The third-order valence-corrected chi connectivity index (χ3v) is 10.5. The zero-order valence-electron chi connectivity index (χ0n) is 29.6. The number of hydrogen-bond donors (Lipinski definition) is 0. The van der Waals surface area contributed by atoms with Gasteiger partial charge in [0.25, 0.3) is 0 Å². The van der Waals surface area contributed by atoms with Gasteiger partial charge in [0.05, 0.1) is 5.69 Å². The highest BCUT2D eigenvalue weighted by atomic mass is 16.3. The van der Waals surface area contributed by atoms with Crippen molar-refractivity contribution in [3.05, 3.63) is 212 Å². The summed E-state index contributed by atoms with van der Waals surface area (Å²) in [5.74, 6) is 0. The van der Waals surface area contributed by atoms with Crippen LogP contribution in [0.1, 0.15) is 0 Å². The van der Waals surface area contributed by atoms with Crippen LogP contribution in [0.25, 0.3) is 77.2 Å². The Labute approximate surface area is 314 Å². The fraction of sp³-hybridized carbons (Fsp3) is 0. The predicted molar refractivity (Wildman–Crippen MR) is 228 cm³/mol. The minimum absolute atomic E-state index is 0.867. The van der Waals surface area contributed by atoms with Crippen molar-refractivity contribution in [1.29, 1.82) is 0 Å². The lowest BCUT2D eigenvalue weighted by molar-refractivity contribution is 0.669. The van der Waals surface area contributed by atoms with Gasteiger partial charge in [0.1, 0.15) is 11.2 Å². The Hall–Kier alpha value is -7.16. The third-order valence-electron chi connectivity index (χ3n) is 10.5. The Morgan fingerprint density at radius 2 is 0.889 bits per heavy atom. The zero-order valence-corrected chi connectivity index (χ0v) is 29.6. The summed E-state index contributed by atoms with van der Waals surface area (Å²) >= 11 is 0.